The van der Waals surface area contributed by atoms with E-state index in [1.54, 1.807) is 0 Å². The van der Waals surface area contributed by atoms with Crippen LogP contribution in [0.25, 0.3) is 21.8 Å². The highest BCUT2D eigenvalue weighted by Gasteiger charge is 2.09. The first-order valence-electron chi connectivity index (χ1n) is 5.57. The van der Waals surface area contributed by atoms with Crippen LogP contribution in [0.5, 0.6) is 0 Å². The van der Waals surface area contributed by atoms with Gasteiger partial charge in [0, 0.05) is 26.3 Å². The Morgan fingerprint density at radius 3 is 1.76 bits per heavy atom. The average molecular weight is 353 g/mol. The fourth-order valence-corrected chi connectivity index (χ4v) is 3.08. The summed E-state index contributed by atoms with van der Waals surface area (Å²) in [6.07, 6.45) is 0. The monoisotopic (exact) mass is 351 g/mol. The second-order valence-corrected chi connectivity index (χ2v) is 5.90. The summed E-state index contributed by atoms with van der Waals surface area (Å²) in [5.41, 5.74) is 2.57. The molecular weight excluding hydrogens is 342 g/mol. The lowest BCUT2D eigenvalue weighted by atomic mass is 10.2. The first kappa shape index (κ1) is 11.3. The standard InChI is InChI=1S/C14H11Br2N/c1-2-17-13-7-9(15)3-5-11(13)12-6-4-10(16)8-14(12)17/h3-8H,2H2,1H3. The summed E-state index contributed by atoms with van der Waals surface area (Å²) in [5, 5.41) is 2.63. The molecule has 0 saturated carbocycles. The molecule has 0 saturated heterocycles. The molecule has 0 amide bonds. The third-order valence-corrected chi connectivity index (χ3v) is 4.09. The van der Waals surface area contributed by atoms with E-state index in [0.717, 1.165) is 15.5 Å². The van der Waals surface area contributed by atoms with E-state index in [-0.39, 0.29) is 0 Å². The minimum absolute atomic E-state index is 0.979. The topological polar surface area (TPSA) is 4.93 Å². The predicted molar refractivity (Wildman–Crippen MR) is 80.5 cm³/mol. The van der Waals surface area contributed by atoms with E-state index in [1.807, 2.05) is 0 Å². The summed E-state index contributed by atoms with van der Waals surface area (Å²) in [6, 6.07) is 12.9. The molecule has 0 atom stereocenters. The second kappa shape index (κ2) is 4.14. The van der Waals surface area contributed by atoms with Crippen LogP contribution >= 0.6 is 31.9 Å². The Bertz CT molecular complexity index is 654. The Morgan fingerprint density at radius 1 is 0.882 bits per heavy atom. The van der Waals surface area contributed by atoms with Gasteiger partial charge in [0.15, 0.2) is 0 Å². The molecule has 0 aliphatic rings. The summed E-state index contributed by atoms with van der Waals surface area (Å²) < 4.78 is 4.60. The van der Waals surface area contributed by atoms with Crippen molar-refractivity contribution in [1.29, 1.82) is 0 Å². The van der Waals surface area contributed by atoms with Crippen molar-refractivity contribution in [3.63, 3.8) is 0 Å². The molecule has 1 heterocycles. The zero-order valence-corrected chi connectivity index (χ0v) is 12.5. The fraction of sp³-hybridized carbons (Fsp3) is 0.143. The van der Waals surface area contributed by atoms with Crippen LogP contribution in [0, 0.1) is 0 Å². The molecule has 86 valence electrons. The fourth-order valence-electron chi connectivity index (χ4n) is 2.38. The smallest absolute Gasteiger partial charge is 0.0502 e. The molecule has 3 heteroatoms. The Labute approximate surface area is 117 Å². The zero-order chi connectivity index (χ0) is 12.0. The maximum atomic E-state index is 3.54. The second-order valence-electron chi connectivity index (χ2n) is 4.07. The first-order valence-corrected chi connectivity index (χ1v) is 7.16. The number of aromatic nitrogens is 1. The first-order chi connectivity index (χ1) is 8.20. The molecule has 1 nitrogen and oxygen atoms in total. The summed E-state index contributed by atoms with van der Waals surface area (Å²) in [5.74, 6) is 0. The molecule has 1 aromatic heterocycles. The lowest BCUT2D eigenvalue weighted by molar-refractivity contribution is 0.827. The molecule has 0 spiro atoms. The number of halogens is 2. The van der Waals surface area contributed by atoms with Crippen LogP contribution in [0.15, 0.2) is 45.3 Å². The Hall–Kier alpha value is -0.800. The van der Waals surface area contributed by atoms with Crippen molar-refractivity contribution in [3.8, 4) is 0 Å². The van der Waals surface area contributed by atoms with Gasteiger partial charge in [-0.05, 0) is 31.2 Å². The molecule has 0 aliphatic carbocycles. The van der Waals surface area contributed by atoms with Crippen LogP contribution in [0.1, 0.15) is 6.92 Å². The third-order valence-electron chi connectivity index (χ3n) is 3.11. The number of nitrogens with zero attached hydrogens (tertiary/aromatic N) is 1. The Morgan fingerprint density at radius 2 is 1.35 bits per heavy atom. The molecule has 0 unspecified atom stereocenters. The Balaban J connectivity index is 2.56. The van der Waals surface area contributed by atoms with Gasteiger partial charge in [0.1, 0.15) is 0 Å². The highest BCUT2D eigenvalue weighted by atomic mass is 79.9. The van der Waals surface area contributed by atoms with Crippen LogP contribution in [-0.4, -0.2) is 4.57 Å². The van der Waals surface area contributed by atoms with Crippen molar-refractivity contribution in [2.75, 3.05) is 0 Å². The van der Waals surface area contributed by atoms with Crippen LogP contribution in [0.3, 0.4) is 0 Å². The van der Waals surface area contributed by atoms with Gasteiger partial charge in [0.05, 0.1) is 11.0 Å². The number of aryl methyl sites for hydroxylation is 1. The average Bonchev–Trinajstić information content (AvgIpc) is 2.60. The highest BCUT2D eigenvalue weighted by molar-refractivity contribution is 9.10. The maximum absolute atomic E-state index is 3.54. The van der Waals surface area contributed by atoms with Gasteiger partial charge >= 0.3 is 0 Å². The number of hydrogen-bond acceptors (Lipinski definition) is 0. The summed E-state index contributed by atoms with van der Waals surface area (Å²) in [7, 11) is 0. The van der Waals surface area contributed by atoms with Crippen molar-refractivity contribution < 1.29 is 0 Å². The third kappa shape index (κ3) is 1.72. The molecule has 0 bridgehead atoms. The minimum Gasteiger partial charge on any atom is -0.341 e. The SMILES string of the molecule is CCn1c2cc(Br)ccc2c2ccc(Br)cc21. The largest absolute Gasteiger partial charge is 0.341 e. The van der Waals surface area contributed by atoms with Crippen molar-refractivity contribution >= 4 is 53.7 Å². The highest BCUT2D eigenvalue weighted by Crippen LogP contribution is 2.32. The quantitative estimate of drug-likeness (QED) is 0.557. The maximum Gasteiger partial charge on any atom is 0.0502 e. The van der Waals surface area contributed by atoms with Gasteiger partial charge in [-0.2, -0.15) is 0 Å². The van der Waals surface area contributed by atoms with Crippen molar-refractivity contribution in [1.82, 2.24) is 4.57 Å². The normalized spacial score (nSPS) is 11.5. The lowest BCUT2D eigenvalue weighted by Gasteiger charge is -2.03. The van der Waals surface area contributed by atoms with Crippen LogP contribution in [0.4, 0.5) is 0 Å². The van der Waals surface area contributed by atoms with E-state index >= 15 is 0 Å². The number of fused-ring (bicyclic) bond motifs is 3. The van der Waals surface area contributed by atoms with Crippen LogP contribution in [-0.2, 0) is 6.54 Å². The van der Waals surface area contributed by atoms with Crippen molar-refractivity contribution in [2.24, 2.45) is 0 Å². The number of rotatable bonds is 1. The summed E-state index contributed by atoms with van der Waals surface area (Å²) >= 11 is 7.09. The molecule has 0 fully saturated rings. The lowest BCUT2D eigenvalue weighted by Crippen LogP contribution is -1.92. The molecular formula is C14H11Br2N. The predicted octanol–water partition coefficient (Wildman–Crippen LogP) is 5.34. The van der Waals surface area contributed by atoms with Gasteiger partial charge in [-0.1, -0.05) is 44.0 Å². The van der Waals surface area contributed by atoms with Gasteiger partial charge in [-0.15, -0.1) is 0 Å². The number of benzene rings is 2. The number of hydrogen-bond donors (Lipinski definition) is 0. The van der Waals surface area contributed by atoms with E-state index in [2.05, 4.69) is 79.7 Å². The molecule has 0 N–H and O–H groups in total. The van der Waals surface area contributed by atoms with Gasteiger partial charge < -0.3 is 4.57 Å². The van der Waals surface area contributed by atoms with E-state index in [9.17, 15) is 0 Å². The zero-order valence-electron chi connectivity index (χ0n) is 9.37. The van der Waals surface area contributed by atoms with E-state index in [1.165, 1.54) is 21.8 Å². The van der Waals surface area contributed by atoms with Crippen LogP contribution < -0.4 is 0 Å². The summed E-state index contributed by atoms with van der Waals surface area (Å²) in [6.45, 7) is 3.16. The Kier molecular flexibility index (Phi) is 2.75. The van der Waals surface area contributed by atoms with Gasteiger partial charge in [-0.3, -0.25) is 0 Å². The van der Waals surface area contributed by atoms with Gasteiger partial charge in [-0.25, -0.2) is 0 Å². The molecule has 0 aliphatic heterocycles. The van der Waals surface area contributed by atoms with E-state index < -0.39 is 0 Å². The molecule has 0 radical (unpaired) electrons. The van der Waals surface area contributed by atoms with E-state index in [4.69, 9.17) is 0 Å². The van der Waals surface area contributed by atoms with Crippen molar-refractivity contribution in [2.45, 2.75) is 13.5 Å². The molecule has 3 rings (SSSR count). The molecule has 17 heavy (non-hydrogen) atoms. The van der Waals surface area contributed by atoms with Gasteiger partial charge in [0.2, 0.25) is 0 Å². The van der Waals surface area contributed by atoms with Gasteiger partial charge in [0.25, 0.3) is 0 Å². The summed E-state index contributed by atoms with van der Waals surface area (Å²) in [4.78, 5) is 0. The minimum atomic E-state index is 0.979. The van der Waals surface area contributed by atoms with Crippen molar-refractivity contribution in [3.05, 3.63) is 45.3 Å². The molecule has 3 aromatic rings. The van der Waals surface area contributed by atoms with E-state index in [0.29, 0.717) is 0 Å². The molecule has 2 aromatic carbocycles. The van der Waals surface area contributed by atoms with Crippen LogP contribution in [0.2, 0.25) is 0 Å².